The van der Waals surface area contributed by atoms with Crippen LogP contribution in [0.2, 0.25) is 0 Å². The molecule has 9 heteroatoms. The molecule has 0 aliphatic carbocycles. The Bertz CT molecular complexity index is 966. The summed E-state index contributed by atoms with van der Waals surface area (Å²) in [6.07, 6.45) is 2.67. The standard InChI is InChI=1S/C21H22BrN3O5/c1-21(2,3)15-7-10-18(17(22)12-15)30-13-20(27)24-23-19(26)11-6-14-4-8-16(9-5-14)25(28)29/h4-12H,13H2,1-3H3,(H,23,26)(H,24,27)/b11-6+. The normalized spacial score (nSPS) is 11.2. The molecule has 0 bridgehead atoms. The van der Waals surface area contributed by atoms with Crippen molar-refractivity contribution in [3.8, 4) is 5.75 Å². The van der Waals surface area contributed by atoms with Gasteiger partial charge in [-0.3, -0.25) is 30.6 Å². The summed E-state index contributed by atoms with van der Waals surface area (Å²) in [6, 6.07) is 11.4. The average molecular weight is 476 g/mol. The van der Waals surface area contributed by atoms with Crippen LogP contribution in [-0.4, -0.2) is 23.3 Å². The second kappa shape index (κ2) is 10.0. The first-order valence-corrected chi connectivity index (χ1v) is 9.80. The van der Waals surface area contributed by atoms with Crippen LogP contribution < -0.4 is 15.6 Å². The van der Waals surface area contributed by atoms with Gasteiger partial charge < -0.3 is 4.74 Å². The van der Waals surface area contributed by atoms with Gasteiger partial charge in [0.2, 0.25) is 0 Å². The number of nitro benzene ring substituents is 1. The number of amides is 2. The lowest BCUT2D eigenvalue weighted by atomic mass is 9.87. The number of non-ortho nitro benzene ring substituents is 1. The molecule has 2 rings (SSSR count). The molecule has 0 saturated carbocycles. The van der Waals surface area contributed by atoms with Crippen LogP contribution in [0, 0.1) is 10.1 Å². The van der Waals surface area contributed by atoms with Gasteiger partial charge >= 0.3 is 0 Å². The van der Waals surface area contributed by atoms with E-state index >= 15 is 0 Å². The third-order valence-corrected chi connectivity index (χ3v) is 4.63. The SMILES string of the molecule is CC(C)(C)c1ccc(OCC(=O)NNC(=O)/C=C/c2ccc([N+](=O)[O-])cc2)c(Br)c1. The fourth-order valence-electron chi connectivity index (χ4n) is 2.32. The van der Waals surface area contributed by atoms with Crippen molar-refractivity contribution in [3.63, 3.8) is 0 Å². The largest absolute Gasteiger partial charge is 0.483 e. The highest BCUT2D eigenvalue weighted by atomic mass is 79.9. The predicted octanol–water partition coefficient (Wildman–Crippen LogP) is 3.89. The third kappa shape index (κ3) is 7.00. The average Bonchev–Trinajstić information content (AvgIpc) is 2.69. The molecule has 0 saturated heterocycles. The van der Waals surface area contributed by atoms with Crippen LogP contribution in [0.3, 0.4) is 0 Å². The molecule has 0 aliphatic rings. The summed E-state index contributed by atoms with van der Waals surface area (Å²) >= 11 is 3.43. The highest BCUT2D eigenvalue weighted by molar-refractivity contribution is 9.10. The van der Waals surface area contributed by atoms with E-state index < -0.39 is 16.7 Å². The van der Waals surface area contributed by atoms with Crippen LogP contribution in [-0.2, 0) is 15.0 Å². The number of nitro groups is 1. The maximum atomic E-state index is 11.9. The summed E-state index contributed by atoms with van der Waals surface area (Å²) in [5.41, 5.74) is 6.17. The smallest absolute Gasteiger partial charge is 0.276 e. The van der Waals surface area contributed by atoms with E-state index in [-0.39, 0.29) is 17.7 Å². The predicted molar refractivity (Wildman–Crippen MR) is 117 cm³/mol. The number of hydrogen-bond acceptors (Lipinski definition) is 5. The molecule has 30 heavy (non-hydrogen) atoms. The van der Waals surface area contributed by atoms with Crippen molar-refractivity contribution in [1.82, 2.24) is 10.9 Å². The van der Waals surface area contributed by atoms with E-state index in [4.69, 9.17) is 4.74 Å². The van der Waals surface area contributed by atoms with Crippen LogP contribution in [0.25, 0.3) is 6.08 Å². The molecule has 0 aromatic heterocycles. The number of rotatable bonds is 6. The lowest BCUT2D eigenvalue weighted by molar-refractivity contribution is -0.384. The molecule has 2 amide bonds. The van der Waals surface area contributed by atoms with Crippen LogP contribution >= 0.6 is 15.9 Å². The topological polar surface area (TPSA) is 111 Å². The molecule has 0 unspecified atom stereocenters. The summed E-state index contributed by atoms with van der Waals surface area (Å²) in [4.78, 5) is 33.8. The van der Waals surface area contributed by atoms with Gasteiger partial charge in [-0.2, -0.15) is 0 Å². The molecule has 0 heterocycles. The lowest BCUT2D eigenvalue weighted by Crippen LogP contribution is -2.43. The fraction of sp³-hybridized carbons (Fsp3) is 0.238. The Kier molecular flexibility index (Phi) is 7.71. The molecule has 158 valence electrons. The first kappa shape index (κ1) is 23.1. The summed E-state index contributed by atoms with van der Waals surface area (Å²) in [5.74, 6) is -0.571. The number of nitrogens with zero attached hydrogens (tertiary/aromatic N) is 1. The molecular formula is C21H22BrN3O5. The molecule has 0 fully saturated rings. The number of hydrazine groups is 1. The van der Waals surface area contributed by atoms with Gasteiger partial charge in [0.25, 0.3) is 17.5 Å². The molecular weight excluding hydrogens is 454 g/mol. The highest BCUT2D eigenvalue weighted by Gasteiger charge is 2.15. The molecule has 0 radical (unpaired) electrons. The summed E-state index contributed by atoms with van der Waals surface area (Å²) in [7, 11) is 0. The minimum absolute atomic E-state index is 0.00923. The van der Waals surface area contributed by atoms with E-state index in [9.17, 15) is 19.7 Å². The Labute approximate surface area is 182 Å². The highest BCUT2D eigenvalue weighted by Crippen LogP contribution is 2.31. The van der Waals surface area contributed by atoms with Crippen molar-refractivity contribution >= 4 is 39.5 Å². The van der Waals surface area contributed by atoms with Gasteiger partial charge in [-0.1, -0.05) is 26.8 Å². The summed E-state index contributed by atoms with van der Waals surface area (Å²) in [5, 5.41) is 10.6. The van der Waals surface area contributed by atoms with Crippen LogP contribution in [0.1, 0.15) is 31.9 Å². The molecule has 2 aromatic carbocycles. The second-order valence-electron chi connectivity index (χ2n) is 7.40. The molecule has 0 spiro atoms. The van der Waals surface area contributed by atoms with E-state index in [1.165, 1.54) is 36.4 Å². The number of carbonyl (C=O) groups is 2. The maximum Gasteiger partial charge on any atom is 0.276 e. The van der Waals surface area contributed by atoms with Gasteiger partial charge in [0.15, 0.2) is 6.61 Å². The number of benzene rings is 2. The van der Waals surface area contributed by atoms with Crippen LogP contribution in [0.4, 0.5) is 5.69 Å². The summed E-state index contributed by atoms with van der Waals surface area (Å²) < 4.78 is 6.21. The molecule has 8 nitrogen and oxygen atoms in total. The first-order valence-electron chi connectivity index (χ1n) is 9.00. The van der Waals surface area contributed by atoms with Gasteiger partial charge in [0.05, 0.1) is 9.40 Å². The quantitative estimate of drug-likeness (QED) is 0.373. The Morgan fingerprint density at radius 1 is 1.13 bits per heavy atom. The van der Waals surface area contributed by atoms with Crippen molar-refractivity contribution in [3.05, 3.63) is 74.3 Å². The van der Waals surface area contributed by atoms with Gasteiger partial charge in [-0.25, -0.2) is 0 Å². The second-order valence-corrected chi connectivity index (χ2v) is 8.26. The molecule has 0 aliphatic heterocycles. The Morgan fingerprint density at radius 3 is 2.37 bits per heavy atom. The number of hydrogen-bond donors (Lipinski definition) is 2. The first-order chi connectivity index (χ1) is 14.1. The zero-order valence-corrected chi connectivity index (χ0v) is 18.4. The molecule has 2 N–H and O–H groups in total. The lowest BCUT2D eigenvalue weighted by Gasteiger charge is -2.20. The Morgan fingerprint density at radius 2 is 1.80 bits per heavy atom. The van der Waals surface area contributed by atoms with Gasteiger partial charge in [0.1, 0.15) is 5.75 Å². The zero-order valence-electron chi connectivity index (χ0n) is 16.8. The van der Waals surface area contributed by atoms with E-state index in [0.29, 0.717) is 11.3 Å². The Balaban J connectivity index is 1.80. The van der Waals surface area contributed by atoms with E-state index in [1.54, 1.807) is 6.07 Å². The van der Waals surface area contributed by atoms with Crippen molar-refractivity contribution in [2.24, 2.45) is 0 Å². The van der Waals surface area contributed by atoms with Gasteiger partial charge in [-0.05, 0) is 62.8 Å². The third-order valence-electron chi connectivity index (χ3n) is 4.01. The van der Waals surface area contributed by atoms with Crippen molar-refractivity contribution < 1.29 is 19.2 Å². The monoisotopic (exact) mass is 475 g/mol. The van der Waals surface area contributed by atoms with Gasteiger partial charge in [0, 0.05) is 18.2 Å². The zero-order chi connectivity index (χ0) is 22.3. The van der Waals surface area contributed by atoms with E-state index in [2.05, 4.69) is 47.6 Å². The van der Waals surface area contributed by atoms with E-state index in [0.717, 1.165) is 10.0 Å². The Hall–Kier alpha value is -3.20. The minimum Gasteiger partial charge on any atom is -0.483 e. The van der Waals surface area contributed by atoms with Crippen LogP contribution in [0.5, 0.6) is 5.75 Å². The van der Waals surface area contributed by atoms with Crippen LogP contribution in [0.15, 0.2) is 53.0 Å². The molecule has 2 aromatic rings. The number of ether oxygens (including phenoxy) is 1. The van der Waals surface area contributed by atoms with Gasteiger partial charge in [-0.15, -0.1) is 0 Å². The number of nitrogens with one attached hydrogen (secondary N) is 2. The van der Waals surface area contributed by atoms with Crippen molar-refractivity contribution in [1.29, 1.82) is 0 Å². The maximum absolute atomic E-state index is 11.9. The van der Waals surface area contributed by atoms with Crippen molar-refractivity contribution in [2.75, 3.05) is 6.61 Å². The van der Waals surface area contributed by atoms with E-state index in [1.807, 2.05) is 12.1 Å². The number of carbonyl (C=O) groups excluding carboxylic acids is 2. The fourth-order valence-corrected chi connectivity index (χ4v) is 2.81. The van der Waals surface area contributed by atoms with Crippen molar-refractivity contribution in [2.45, 2.75) is 26.2 Å². The minimum atomic E-state index is -0.558. The molecule has 0 atom stereocenters. The summed E-state index contributed by atoms with van der Waals surface area (Å²) in [6.45, 7) is 6.02. The number of halogens is 1.